The van der Waals surface area contributed by atoms with Gasteiger partial charge in [0.05, 0.1) is 36.0 Å². The lowest BCUT2D eigenvalue weighted by atomic mass is 10.0. The number of nitrogens with zero attached hydrogens (tertiary/aromatic N) is 2. The van der Waals surface area contributed by atoms with Crippen LogP contribution in [0.4, 0.5) is 0 Å². The number of hydrogen-bond acceptors (Lipinski definition) is 7. The van der Waals surface area contributed by atoms with Crippen LogP contribution in [-0.4, -0.2) is 32.8 Å². The number of ether oxygens (including phenoxy) is 2. The Kier molecular flexibility index (Phi) is 8.86. The Morgan fingerprint density at radius 2 is 1.52 bits per heavy atom. The predicted molar refractivity (Wildman–Crippen MR) is 163 cm³/mol. The molecule has 3 atom stereocenters. The molecule has 1 saturated heterocycles. The van der Waals surface area contributed by atoms with Crippen LogP contribution in [0.3, 0.4) is 0 Å². The van der Waals surface area contributed by atoms with E-state index in [0.717, 1.165) is 39.9 Å². The average molecular weight is 578 g/mol. The van der Waals surface area contributed by atoms with E-state index in [1.54, 1.807) is 11.8 Å². The molecule has 0 aliphatic carbocycles. The van der Waals surface area contributed by atoms with Gasteiger partial charge in [-0.05, 0) is 41.0 Å². The molecule has 0 saturated carbocycles. The lowest BCUT2D eigenvalue weighted by Crippen LogP contribution is -2.31. The second kappa shape index (κ2) is 13.3. The van der Waals surface area contributed by atoms with Crippen LogP contribution in [0.15, 0.2) is 114 Å². The van der Waals surface area contributed by atoms with Gasteiger partial charge in [-0.3, -0.25) is 9.78 Å². The summed E-state index contributed by atoms with van der Waals surface area (Å²) in [4.78, 5) is 22.7. The van der Waals surface area contributed by atoms with E-state index in [2.05, 4.69) is 27.4 Å². The summed E-state index contributed by atoms with van der Waals surface area (Å²) in [6, 6.07) is 33.6. The second-order valence-corrected chi connectivity index (χ2v) is 11.2. The predicted octanol–water partition coefficient (Wildman–Crippen LogP) is 6.39. The summed E-state index contributed by atoms with van der Waals surface area (Å²) in [5.74, 6) is 0.529. The highest BCUT2D eigenvalue weighted by molar-refractivity contribution is 7.99. The number of carbonyl (C=O) groups is 1. The number of fused-ring (bicyclic) bond motifs is 1. The van der Waals surface area contributed by atoms with Crippen molar-refractivity contribution < 1.29 is 19.4 Å². The van der Waals surface area contributed by atoms with Crippen molar-refractivity contribution in [1.82, 2.24) is 15.3 Å². The van der Waals surface area contributed by atoms with E-state index < -0.39 is 6.29 Å². The number of rotatable bonds is 9. The summed E-state index contributed by atoms with van der Waals surface area (Å²) in [7, 11) is 0. The number of nitrogens with one attached hydrogen (secondary N) is 1. The zero-order valence-electron chi connectivity index (χ0n) is 22.9. The van der Waals surface area contributed by atoms with Crippen LogP contribution < -0.4 is 5.32 Å². The normalized spacial score (nSPS) is 18.5. The number of aromatic nitrogens is 2. The van der Waals surface area contributed by atoms with E-state index >= 15 is 0 Å². The first kappa shape index (κ1) is 28.1. The van der Waals surface area contributed by atoms with Crippen molar-refractivity contribution >= 4 is 28.7 Å². The molecule has 0 bridgehead atoms. The van der Waals surface area contributed by atoms with Crippen molar-refractivity contribution in [2.24, 2.45) is 0 Å². The summed E-state index contributed by atoms with van der Waals surface area (Å²) in [5, 5.41) is 12.4. The quantitative estimate of drug-likeness (QED) is 0.196. The highest BCUT2D eigenvalue weighted by Gasteiger charge is 2.32. The Morgan fingerprint density at radius 3 is 2.29 bits per heavy atom. The standard InChI is InChI=1S/C34H31N3O4S/c38-21-24-12-14-25(15-13-24)32-18-27(22-42-28-6-2-1-3-7-28)40-34(41-32)26-16-10-23(11-17-26)19-36-33(39)31-20-35-29-8-4-5-9-30(29)37-31/h1-17,20,27,32,34,38H,18-19,21-22H2,(H,36,39)/t27-,32+,34+/m0/s1. The molecule has 4 aromatic carbocycles. The fraction of sp³-hybridized carbons (Fsp3) is 0.206. The van der Waals surface area contributed by atoms with Crippen LogP contribution >= 0.6 is 11.8 Å². The maximum Gasteiger partial charge on any atom is 0.271 e. The fourth-order valence-corrected chi connectivity index (χ4v) is 5.80. The van der Waals surface area contributed by atoms with E-state index in [4.69, 9.17) is 9.47 Å². The first-order chi connectivity index (χ1) is 20.6. The Morgan fingerprint density at radius 1 is 0.833 bits per heavy atom. The molecule has 0 unspecified atom stereocenters. The molecule has 6 rings (SSSR count). The maximum absolute atomic E-state index is 12.7. The molecule has 1 aromatic heterocycles. The number of amides is 1. The maximum atomic E-state index is 12.7. The first-order valence-electron chi connectivity index (χ1n) is 13.9. The lowest BCUT2D eigenvalue weighted by Gasteiger charge is -2.36. The van der Waals surface area contributed by atoms with Gasteiger partial charge in [0.2, 0.25) is 0 Å². The van der Waals surface area contributed by atoms with Crippen molar-refractivity contribution in [1.29, 1.82) is 0 Å². The SMILES string of the molecule is O=C(NCc1ccc([C@@H]2O[C@H](CSc3ccccc3)C[C@H](c3ccc(CO)cc3)O2)cc1)c1cnc2ccccc2n1. The molecule has 1 fully saturated rings. The third kappa shape index (κ3) is 6.86. The number of thioether (sulfide) groups is 1. The van der Waals surface area contributed by atoms with Gasteiger partial charge in [-0.15, -0.1) is 11.8 Å². The molecule has 1 aliphatic heterocycles. The lowest BCUT2D eigenvalue weighted by molar-refractivity contribution is -0.245. The van der Waals surface area contributed by atoms with Gasteiger partial charge in [0.15, 0.2) is 6.29 Å². The summed E-state index contributed by atoms with van der Waals surface area (Å²) in [6.07, 6.45) is 1.55. The van der Waals surface area contributed by atoms with Gasteiger partial charge in [-0.1, -0.05) is 78.9 Å². The highest BCUT2D eigenvalue weighted by atomic mass is 32.2. The molecular weight excluding hydrogens is 546 g/mol. The van der Waals surface area contributed by atoms with Gasteiger partial charge in [0.25, 0.3) is 5.91 Å². The average Bonchev–Trinajstić information content (AvgIpc) is 3.06. The van der Waals surface area contributed by atoms with Crippen LogP contribution in [0.5, 0.6) is 0 Å². The number of carbonyl (C=O) groups excluding carboxylic acids is 1. The first-order valence-corrected chi connectivity index (χ1v) is 14.9. The molecule has 2 heterocycles. The smallest absolute Gasteiger partial charge is 0.271 e. The molecule has 212 valence electrons. The molecule has 42 heavy (non-hydrogen) atoms. The second-order valence-electron chi connectivity index (χ2n) is 10.1. The minimum atomic E-state index is -0.529. The number of aliphatic hydroxyl groups is 1. The molecule has 5 aromatic rings. The monoisotopic (exact) mass is 577 g/mol. The zero-order chi connectivity index (χ0) is 28.7. The Bertz CT molecular complexity index is 1630. The van der Waals surface area contributed by atoms with Gasteiger partial charge >= 0.3 is 0 Å². The number of hydrogen-bond donors (Lipinski definition) is 2. The van der Waals surface area contributed by atoms with Gasteiger partial charge in [0.1, 0.15) is 5.69 Å². The number of benzene rings is 4. The third-order valence-corrected chi connectivity index (χ3v) is 8.32. The van der Waals surface area contributed by atoms with Crippen LogP contribution in [-0.2, 0) is 22.6 Å². The summed E-state index contributed by atoms with van der Waals surface area (Å²) in [6.45, 7) is 0.368. The Balaban J connectivity index is 1.12. The van der Waals surface area contributed by atoms with Crippen LogP contribution in [0, 0.1) is 0 Å². The van der Waals surface area contributed by atoms with Crippen molar-refractivity contribution in [3.63, 3.8) is 0 Å². The topological polar surface area (TPSA) is 93.6 Å². The van der Waals surface area contributed by atoms with Crippen LogP contribution in [0.25, 0.3) is 11.0 Å². The Labute approximate surface area is 248 Å². The van der Waals surface area contributed by atoms with Crippen molar-refractivity contribution in [2.75, 3.05) is 5.75 Å². The molecule has 0 spiro atoms. The van der Waals surface area contributed by atoms with Crippen molar-refractivity contribution in [3.8, 4) is 0 Å². The fourth-order valence-electron chi connectivity index (χ4n) is 4.86. The minimum Gasteiger partial charge on any atom is -0.392 e. The third-order valence-electron chi connectivity index (χ3n) is 7.18. The van der Waals surface area contributed by atoms with Crippen LogP contribution in [0.2, 0.25) is 0 Å². The van der Waals surface area contributed by atoms with Gasteiger partial charge < -0.3 is 19.9 Å². The van der Waals surface area contributed by atoms with E-state index in [9.17, 15) is 9.90 Å². The molecule has 2 N–H and O–H groups in total. The molecule has 1 aliphatic rings. The summed E-state index contributed by atoms with van der Waals surface area (Å²) >= 11 is 1.77. The highest BCUT2D eigenvalue weighted by Crippen LogP contribution is 2.39. The van der Waals surface area contributed by atoms with E-state index in [-0.39, 0.29) is 30.4 Å². The van der Waals surface area contributed by atoms with Gasteiger partial charge in [-0.2, -0.15) is 0 Å². The van der Waals surface area contributed by atoms with E-state index in [0.29, 0.717) is 12.1 Å². The van der Waals surface area contributed by atoms with E-state index in [1.165, 1.54) is 11.1 Å². The largest absolute Gasteiger partial charge is 0.392 e. The Hall–Kier alpha value is -4.08. The van der Waals surface area contributed by atoms with E-state index in [1.807, 2.05) is 91.0 Å². The molecule has 7 nitrogen and oxygen atoms in total. The summed E-state index contributed by atoms with van der Waals surface area (Å²) < 4.78 is 12.9. The molecule has 1 amide bonds. The van der Waals surface area contributed by atoms with Gasteiger partial charge in [-0.25, -0.2) is 4.98 Å². The molecular formula is C34H31N3O4S. The zero-order valence-corrected chi connectivity index (χ0v) is 23.7. The number of para-hydroxylation sites is 2. The van der Waals surface area contributed by atoms with Crippen molar-refractivity contribution in [2.45, 2.75) is 43.0 Å². The minimum absolute atomic E-state index is 0.0103. The van der Waals surface area contributed by atoms with Crippen molar-refractivity contribution in [3.05, 3.63) is 137 Å². The summed E-state index contributed by atoms with van der Waals surface area (Å²) in [5.41, 5.74) is 5.51. The van der Waals surface area contributed by atoms with Crippen LogP contribution in [0.1, 0.15) is 51.6 Å². The number of aliphatic hydroxyl groups excluding tert-OH is 1. The van der Waals surface area contributed by atoms with Gasteiger partial charge in [0, 0.05) is 29.2 Å². The molecule has 8 heteroatoms. The molecule has 0 radical (unpaired) electrons.